The van der Waals surface area contributed by atoms with Gasteiger partial charge in [0.25, 0.3) is 5.91 Å². The van der Waals surface area contributed by atoms with Crippen molar-refractivity contribution in [3.05, 3.63) is 105 Å². The maximum Gasteiger partial charge on any atom is 0.297 e. The molecule has 0 radical (unpaired) electrons. The molecule has 5 nitrogen and oxygen atoms in total. The standard InChI is InChI=1S/C25H14F2N2O3S/c1-12-2-9-18-16(10-12)22(30)20-21(13-3-5-14(26)6-4-13)29(24(31)23(20)32-18)25-28-17-8-7-15(27)11-19(17)33-25/h2-11,21H,1H3. The molecule has 0 saturated heterocycles. The number of benzene rings is 3. The Kier molecular flexibility index (Phi) is 4.22. The third-order valence-electron chi connectivity index (χ3n) is 5.76. The Hall–Kier alpha value is -3.91. The van der Waals surface area contributed by atoms with Crippen molar-refractivity contribution in [3.8, 4) is 0 Å². The van der Waals surface area contributed by atoms with Crippen LogP contribution < -0.4 is 10.3 Å². The predicted molar refractivity (Wildman–Crippen MR) is 122 cm³/mol. The summed E-state index contributed by atoms with van der Waals surface area (Å²) in [5.74, 6) is -1.46. The van der Waals surface area contributed by atoms with Gasteiger partial charge in [-0.2, -0.15) is 0 Å². The van der Waals surface area contributed by atoms with Crippen molar-refractivity contribution in [2.45, 2.75) is 13.0 Å². The molecule has 5 aromatic rings. The van der Waals surface area contributed by atoms with Gasteiger partial charge >= 0.3 is 0 Å². The molecule has 0 saturated carbocycles. The molecule has 1 unspecified atom stereocenters. The Balaban J connectivity index is 1.64. The van der Waals surface area contributed by atoms with Crippen LogP contribution in [-0.4, -0.2) is 10.9 Å². The molecule has 0 bridgehead atoms. The lowest BCUT2D eigenvalue weighted by molar-refractivity contribution is 0.0971. The van der Waals surface area contributed by atoms with Gasteiger partial charge in [0.2, 0.25) is 5.76 Å². The maximum atomic E-state index is 13.7. The van der Waals surface area contributed by atoms with Gasteiger partial charge in [-0.1, -0.05) is 35.1 Å². The van der Waals surface area contributed by atoms with E-state index in [0.29, 0.717) is 31.9 Å². The van der Waals surface area contributed by atoms with Crippen molar-refractivity contribution in [2.75, 3.05) is 4.90 Å². The van der Waals surface area contributed by atoms with Crippen molar-refractivity contribution in [2.24, 2.45) is 0 Å². The quantitative estimate of drug-likeness (QED) is 0.337. The zero-order valence-electron chi connectivity index (χ0n) is 17.1. The average molecular weight is 460 g/mol. The Morgan fingerprint density at radius 2 is 1.73 bits per heavy atom. The lowest BCUT2D eigenvalue weighted by Gasteiger charge is -2.22. The molecule has 8 heteroatoms. The molecule has 1 amide bonds. The summed E-state index contributed by atoms with van der Waals surface area (Å²) in [6.07, 6.45) is 0. The highest BCUT2D eigenvalue weighted by atomic mass is 32.1. The van der Waals surface area contributed by atoms with E-state index < -0.39 is 23.6 Å². The number of halogens is 2. The van der Waals surface area contributed by atoms with E-state index in [1.807, 2.05) is 6.92 Å². The van der Waals surface area contributed by atoms with Crippen LogP contribution in [0.3, 0.4) is 0 Å². The summed E-state index contributed by atoms with van der Waals surface area (Å²) < 4.78 is 33.9. The van der Waals surface area contributed by atoms with Crippen LogP contribution >= 0.6 is 11.3 Å². The molecule has 2 aromatic heterocycles. The van der Waals surface area contributed by atoms with Gasteiger partial charge in [0.15, 0.2) is 10.6 Å². The normalized spacial score (nSPS) is 15.5. The van der Waals surface area contributed by atoms with Gasteiger partial charge in [0.05, 0.1) is 27.2 Å². The topological polar surface area (TPSA) is 63.4 Å². The van der Waals surface area contributed by atoms with E-state index >= 15 is 0 Å². The van der Waals surface area contributed by atoms with Gasteiger partial charge in [-0.15, -0.1) is 0 Å². The van der Waals surface area contributed by atoms with Crippen LogP contribution in [0, 0.1) is 18.6 Å². The predicted octanol–water partition coefficient (Wildman–Crippen LogP) is 5.74. The smallest absolute Gasteiger partial charge is 0.297 e. The summed E-state index contributed by atoms with van der Waals surface area (Å²) in [6, 6.07) is 14.1. The third kappa shape index (κ3) is 2.98. The molecule has 0 aliphatic carbocycles. The monoisotopic (exact) mass is 460 g/mol. The molecular formula is C25H14F2N2O3S. The summed E-state index contributed by atoms with van der Waals surface area (Å²) in [6.45, 7) is 1.86. The number of hydrogen-bond acceptors (Lipinski definition) is 5. The fourth-order valence-electron chi connectivity index (χ4n) is 4.23. The first-order valence-corrected chi connectivity index (χ1v) is 10.9. The second-order valence-electron chi connectivity index (χ2n) is 7.91. The van der Waals surface area contributed by atoms with Crippen LogP contribution in [0.2, 0.25) is 0 Å². The molecule has 0 fully saturated rings. The summed E-state index contributed by atoms with van der Waals surface area (Å²) in [5, 5.41) is 0.655. The fourth-order valence-corrected chi connectivity index (χ4v) is 5.25. The lowest BCUT2D eigenvalue weighted by Crippen LogP contribution is -2.29. The van der Waals surface area contributed by atoms with E-state index in [2.05, 4.69) is 4.98 Å². The summed E-state index contributed by atoms with van der Waals surface area (Å²) in [7, 11) is 0. The van der Waals surface area contributed by atoms with Crippen LogP contribution in [-0.2, 0) is 0 Å². The Morgan fingerprint density at radius 1 is 0.970 bits per heavy atom. The highest BCUT2D eigenvalue weighted by Crippen LogP contribution is 2.43. The Morgan fingerprint density at radius 3 is 2.52 bits per heavy atom. The number of thiazole rings is 1. The number of amides is 1. The van der Waals surface area contributed by atoms with Crippen molar-refractivity contribution in [1.29, 1.82) is 0 Å². The number of nitrogens with zero attached hydrogens (tertiary/aromatic N) is 2. The van der Waals surface area contributed by atoms with E-state index in [9.17, 15) is 18.4 Å². The van der Waals surface area contributed by atoms with E-state index in [4.69, 9.17) is 4.42 Å². The van der Waals surface area contributed by atoms with Crippen molar-refractivity contribution in [3.63, 3.8) is 0 Å². The van der Waals surface area contributed by atoms with Gasteiger partial charge < -0.3 is 4.42 Å². The van der Waals surface area contributed by atoms with Crippen molar-refractivity contribution >= 4 is 43.6 Å². The second-order valence-corrected chi connectivity index (χ2v) is 8.92. The molecule has 0 spiro atoms. The number of carbonyl (C=O) groups excluding carboxylic acids is 1. The van der Waals surface area contributed by atoms with Crippen LogP contribution in [0.1, 0.15) is 33.3 Å². The maximum absolute atomic E-state index is 13.7. The van der Waals surface area contributed by atoms with E-state index in [1.165, 1.54) is 47.4 Å². The Bertz CT molecular complexity index is 1660. The zero-order valence-corrected chi connectivity index (χ0v) is 18.0. The third-order valence-corrected chi connectivity index (χ3v) is 6.77. The van der Waals surface area contributed by atoms with E-state index in [0.717, 1.165) is 16.9 Å². The Labute approximate surface area is 189 Å². The fraction of sp³-hybridized carbons (Fsp3) is 0.0800. The van der Waals surface area contributed by atoms with Crippen LogP contribution in [0.25, 0.3) is 21.2 Å². The number of hydrogen-bond donors (Lipinski definition) is 0. The summed E-state index contributed by atoms with van der Waals surface area (Å²) >= 11 is 1.13. The summed E-state index contributed by atoms with van der Waals surface area (Å²) in [4.78, 5) is 33.0. The minimum absolute atomic E-state index is 0.0730. The number of carbonyl (C=O) groups is 1. The van der Waals surface area contributed by atoms with Crippen LogP contribution in [0.15, 0.2) is 69.9 Å². The molecule has 3 aromatic carbocycles. The first-order chi connectivity index (χ1) is 15.9. The number of anilines is 1. The van der Waals surface area contributed by atoms with E-state index in [-0.39, 0.29) is 16.8 Å². The van der Waals surface area contributed by atoms with Crippen LogP contribution in [0.5, 0.6) is 0 Å². The number of fused-ring (bicyclic) bond motifs is 3. The molecule has 0 N–H and O–H groups in total. The highest BCUT2D eigenvalue weighted by Gasteiger charge is 2.45. The molecule has 1 aliphatic rings. The van der Waals surface area contributed by atoms with Gasteiger partial charge in [-0.3, -0.25) is 14.5 Å². The zero-order chi connectivity index (χ0) is 22.9. The molecule has 3 heterocycles. The average Bonchev–Trinajstić information content (AvgIpc) is 3.33. The van der Waals surface area contributed by atoms with Crippen LogP contribution in [0.4, 0.5) is 13.9 Å². The van der Waals surface area contributed by atoms with E-state index in [1.54, 1.807) is 18.2 Å². The van der Waals surface area contributed by atoms with Gasteiger partial charge in [0.1, 0.15) is 17.2 Å². The first kappa shape index (κ1) is 19.8. The van der Waals surface area contributed by atoms with Gasteiger partial charge in [-0.05, 0) is 55.0 Å². The largest absolute Gasteiger partial charge is 0.450 e. The SMILES string of the molecule is Cc1ccc2oc3c(c(=O)c2c1)C(c1ccc(F)cc1)N(c1nc2ccc(F)cc2s1)C3=O. The minimum atomic E-state index is -0.861. The lowest BCUT2D eigenvalue weighted by atomic mass is 9.98. The first-order valence-electron chi connectivity index (χ1n) is 10.1. The molecular weight excluding hydrogens is 446 g/mol. The number of aryl methyl sites for hydroxylation is 1. The highest BCUT2D eigenvalue weighted by molar-refractivity contribution is 7.22. The molecule has 33 heavy (non-hydrogen) atoms. The van der Waals surface area contributed by atoms with Crippen molar-refractivity contribution in [1.82, 2.24) is 4.98 Å². The summed E-state index contributed by atoms with van der Waals surface area (Å²) in [5.41, 5.74) is 2.10. The molecule has 162 valence electrons. The van der Waals surface area contributed by atoms with Crippen molar-refractivity contribution < 1.29 is 18.0 Å². The van der Waals surface area contributed by atoms with Gasteiger partial charge in [0, 0.05) is 0 Å². The van der Waals surface area contributed by atoms with Gasteiger partial charge in [-0.25, -0.2) is 13.8 Å². The molecule has 1 atom stereocenters. The molecule has 1 aliphatic heterocycles. The number of aromatic nitrogens is 1. The second kappa shape index (κ2) is 7.05. The number of rotatable bonds is 2. The minimum Gasteiger partial charge on any atom is -0.450 e. The molecule has 6 rings (SSSR count).